The topological polar surface area (TPSA) is 54.0 Å². The largest absolute Gasteiger partial charge is 0.469 e. The van der Waals surface area contributed by atoms with E-state index >= 15 is 0 Å². The van der Waals surface area contributed by atoms with Crippen LogP contribution in [0.2, 0.25) is 18.1 Å². The van der Waals surface area contributed by atoms with Gasteiger partial charge in [0.25, 0.3) is 0 Å². The second-order valence-electron chi connectivity index (χ2n) is 11.9. The van der Waals surface area contributed by atoms with Crippen molar-refractivity contribution in [2.24, 2.45) is 17.8 Å². The Balaban J connectivity index is 1.62. The number of carbonyl (C=O) groups excluding carboxylic acids is 1. The minimum atomic E-state index is -1.80. The van der Waals surface area contributed by atoms with Crippen molar-refractivity contribution in [3.05, 3.63) is 11.6 Å². The van der Waals surface area contributed by atoms with Gasteiger partial charge >= 0.3 is 5.97 Å². The molecule has 1 saturated heterocycles. The molecular weight excluding hydrogens is 432 g/mol. The van der Waals surface area contributed by atoms with Gasteiger partial charge in [0.2, 0.25) is 0 Å². The van der Waals surface area contributed by atoms with Crippen molar-refractivity contribution >= 4 is 14.3 Å². The van der Waals surface area contributed by atoms with Crippen LogP contribution in [0.3, 0.4) is 0 Å². The molecule has 190 valence electrons. The highest BCUT2D eigenvalue weighted by Gasteiger charge is 2.47. The first-order chi connectivity index (χ1) is 15.6. The van der Waals surface area contributed by atoms with Crippen molar-refractivity contribution in [2.75, 3.05) is 20.3 Å². The number of hydrogen-bond donors (Lipinski definition) is 0. The Morgan fingerprint density at radius 2 is 1.97 bits per heavy atom. The second kappa shape index (κ2) is 11.8. The van der Waals surface area contributed by atoms with Gasteiger partial charge in [-0.15, -0.1) is 0 Å². The van der Waals surface area contributed by atoms with E-state index < -0.39 is 8.32 Å². The minimum absolute atomic E-state index is 0.0407. The van der Waals surface area contributed by atoms with E-state index in [2.05, 4.69) is 39.9 Å². The number of allylic oxidation sites excluding steroid dienone is 2. The summed E-state index contributed by atoms with van der Waals surface area (Å²) >= 11 is 0. The average Bonchev–Trinajstić information content (AvgIpc) is 3.11. The van der Waals surface area contributed by atoms with Crippen LogP contribution in [0.1, 0.15) is 85.0 Å². The van der Waals surface area contributed by atoms with E-state index in [4.69, 9.17) is 18.6 Å². The Morgan fingerprint density at radius 3 is 2.64 bits per heavy atom. The molecular formula is C27H48O5Si. The summed E-state index contributed by atoms with van der Waals surface area (Å²) in [5.74, 6) is 1.57. The molecule has 1 saturated carbocycles. The molecule has 0 radical (unpaired) electrons. The fraction of sp³-hybridized carbons (Fsp3) is 0.889. The highest BCUT2D eigenvalue weighted by Crippen LogP contribution is 2.48. The molecule has 0 N–H and O–H groups in total. The van der Waals surface area contributed by atoms with Crippen LogP contribution in [-0.2, 0) is 23.4 Å². The molecule has 0 aromatic heterocycles. The normalized spacial score (nSPS) is 30.6. The Morgan fingerprint density at radius 1 is 1.18 bits per heavy atom. The van der Waals surface area contributed by atoms with Gasteiger partial charge in [0.05, 0.1) is 13.2 Å². The number of unbranched alkanes of at least 4 members (excludes halogenated alkanes) is 1. The van der Waals surface area contributed by atoms with Crippen LogP contribution in [0.5, 0.6) is 0 Å². The number of hydrogen-bond acceptors (Lipinski definition) is 5. The van der Waals surface area contributed by atoms with Crippen LogP contribution >= 0.6 is 0 Å². The fourth-order valence-electron chi connectivity index (χ4n) is 5.42. The van der Waals surface area contributed by atoms with Gasteiger partial charge in [0.1, 0.15) is 0 Å². The maximum atomic E-state index is 11.4. The summed E-state index contributed by atoms with van der Waals surface area (Å²) in [5.41, 5.74) is 1.57. The first-order valence-electron chi connectivity index (χ1n) is 13.3. The molecule has 33 heavy (non-hydrogen) atoms. The molecule has 0 aromatic carbocycles. The molecule has 2 fully saturated rings. The van der Waals surface area contributed by atoms with Crippen LogP contribution in [0, 0.1) is 17.8 Å². The highest BCUT2D eigenvalue weighted by molar-refractivity contribution is 6.74. The van der Waals surface area contributed by atoms with Gasteiger partial charge in [-0.3, -0.25) is 4.79 Å². The van der Waals surface area contributed by atoms with Crippen molar-refractivity contribution in [2.45, 2.75) is 116 Å². The molecule has 5 unspecified atom stereocenters. The highest BCUT2D eigenvalue weighted by atomic mass is 28.4. The zero-order valence-corrected chi connectivity index (χ0v) is 23.0. The van der Waals surface area contributed by atoms with Crippen LogP contribution in [-0.4, -0.2) is 47.0 Å². The Labute approximate surface area is 203 Å². The lowest BCUT2D eigenvalue weighted by Gasteiger charge is -2.39. The zero-order valence-electron chi connectivity index (χ0n) is 22.0. The SMILES string of the molecule is COC(=O)CCCCC1=CC2CC(OC3CCCCO3)C(CO[Si](C)(C)C(C)(C)C)C2CC1. The monoisotopic (exact) mass is 480 g/mol. The maximum absolute atomic E-state index is 11.4. The van der Waals surface area contributed by atoms with Crippen molar-refractivity contribution in [3.8, 4) is 0 Å². The predicted molar refractivity (Wildman–Crippen MR) is 135 cm³/mol. The molecule has 6 heteroatoms. The number of carbonyl (C=O) groups is 1. The Bertz CT molecular complexity index is 662. The van der Waals surface area contributed by atoms with Crippen molar-refractivity contribution in [1.82, 2.24) is 0 Å². The van der Waals surface area contributed by atoms with Crippen LogP contribution in [0.4, 0.5) is 0 Å². The molecule has 1 aliphatic heterocycles. The molecule has 2 aliphatic carbocycles. The number of methoxy groups -OCH3 is 1. The summed E-state index contributed by atoms with van der Waals surface area (Å²) in [5, 5.41) is 0.220. The van der Waals surface area contributed by atoms with Crippen LogP contribution < -0.4 is 0 Å². The predicted octanol–water partition coefficient (Wildman–Crippen LogP) is 6.63. The third-order valence-corrected chi connectivity index (χ3v) is 13.1. The van der Waals surface area contributed by atoms with Crippen molar-refractivity contribution < 1.29 is 23.4 Å². The molecule has 0 bridgehead atoms. The molecule has 3 aliphatic rings. The minimum Gasteiger partial charge on any atom is -0.469 e. The summed E-state index contributed by atoms with van der Waals surface area (Å²) < 4.78 is 24.1. The summed E-state index contributed by atoms with van der Waals surface area (Å²) in [7, 11) is -0.332. The van der Waals surface area contributed by atoms with Crippen molar-refractivity contribution in [1.29, 1.82) is 0 Å². The van der Waals surface area contributed by atoms with Crippen molar-refractivity contribution in [3.63, 3.8) is 0 Å². The fourth-order valence-corrected chi connectivity index (χ4v) is 6.46. The van der Waals surface area contributed by atoms with Gasteiger partial charge in [-0.05, 0) is 87.8 Å². The number of rotatable bonds is 10. The van der Waals surface area contributed by atoms with Gasteiger partial charge in [-0.25, -0.2) is 0 Å². The lowest BCUT2D eigenvalue weighted by atomic mass is 9.78. The number of ether oxygens (including phenoxy) is 3. The summed E-state index contributed by atoms with van der Waals surface area (Å²) in [6.07, 6.45) is 13.2. The smallest absolute Gasteiger partial charge is 0.305 e. The molecule has 3 rings (SSSR count). The van der Waals surface area contributed by atoms with E-state index in [-0.39, 0.29) is 23.4 Å². The average molecular weight is 481 g/mol. The van der Waals surface area contributed by atoms with Gasteiger partial charge in [-0.2, -0.15) is 0 Å². The lowest BCUT2D eigenvalue weighted by molar-refractivity contribution is -0.197. The van der Waals surface area contributed by atoms with E-state index in [9.17, 15) is 4.79 Å². The maximum Gasteiger partial charge on any atom is 0.305 e. The van der Waals surface area contributed by atoms with Gasteiger partial charge < -0.3 is 18.6 Å². The Hall–Kier alpha value is -0.693. The molecule has 5 atom stereocenters. The number of fused-ring (bicyclic) bond motifs is 1. The van der Waals surface area contributed by atoms with Crippen LogP contribution in [0.25, 0.3) is 0 Å². The van der Waals surface area contributed by atoms with E-state index in [0.29, 0.717) is 24.2 Å². The second-order valence-corrected chi connectivity index (χ2v) is 16.7. The first-order valence-corrected chi connectivity index (χ1v) is 16.2. The van der Waals surface area contributed by atoms with E-state index in [1.807, 2.05) is 0 Å². The van der Waals surface area contributed by atoms with Gasteiger partial charge in [0, 0.05) is 25.6 Å². The summed E-state index contributed by atoms with van der Waals surface area (Å²) in [4.78, 5) is 11.4. The van der Waals surface area contributed by atoms with E-state index in [1.54, 1.807) is 5.57 Å². The molecule has 5 nitrogen and oxygen atoms in total. The van der Waals surface area contributed by atoms with Gasteiger partial charge in [-0.1, -0.05) is 32.4 Å². The third-order valence-electron chi connectivity index (χ3n) is 8.59. The summed E-state index contributed by atoms with van der Waals surface area (Å²) in [6, 6.07) is 0. The lowest BCUT2D eigenvalue weighted by Crippen LogP contribution is -2.44. The number of esters is 1. The van der Waals surface area contributed by atoms with Gasteiger partial charge in [0.15, 0.2) is 14.6 Å². The molecule has 0 aromatic rings. The molecule has 0 amide bonds. The standard InChI is InChI=1S/C27H48O5Si/c1-27(2,3)33(5,6)31-19-23-22-15-14-20(11-7-8-12-25(28)29-4)17-21(22)18-24(23)32-26-13-9-10-16-30-26/h17,21-24,26H,7-16,18-19H2,1-6H3. The summed E-state index contributed by atoms with van der Waals surface area (Å²) in [6.45, 7) is 13.3. The zero-order chi connectivity index (χ0) is 24.1. The van der Waals surface area contributed by atoms with E-state index in [0.717, 1.165) is 51.7 Å². The third kappa shape index (κ3) is 7.39. The molecule has 1 heterocycles. The molecule has 0 spiro atoms. The first kappa shape index (κ1) is 26.9. The van der Waals surface area contributed by atoms with E-state index in [1.165, 1.54) is 26.4 Å². The Kier molecular flexibility index (Phi) is 9.64. The van der Waals surface area contributed by atoms with Crippen LogP contribution in [0.15, 0.2) is 11.6 Å². The quantitative estimate of drug-likeness (QED) is 0.152.